The SMILES string of the molecule is CCOP(=O)(OCC)OCn1nc2c(=O)[nH]c3cc(OC)c(OC)cc3c(=O)c2n1. The van der Waals surface area contributed by atoms with Gasteiger partial charge in [-0.1, -0.05) is 0 Å². The molecular formula is C17H21N4O8P. The summed E-state index contributed by atoms with van der Waals surface area (Å²) in [5, 5.41) is 8.17. The van der Waals surface area contributed by atoms with Gasteiger partial charge in [-0.05, 0) is 19.9 Å². The van der Waals surface area contributed by atoms with E-state index >= 15 is 0 Å². The van der Waals surface area contributed by atoms with Crippen molar-refractivity contribution in [3.05, 3.63) is 32.7 Å². The molecule has 2 aromatic heterocycles. The van der Waals surface area contributed by atoms with Crippen LogP contribution < -0.4 is 20.5 Å². The van der Waals surface area contributed by atoms with Crippen LogP contribution >= 0.6 is 7.82 Å². The van der Waals surface area contributed by atoms with Gasteiger partial charge < -0.3 is 14.5 Å². The van der Waals surface area contributed by atoms with Crippen molar-refractivity contribution >= 4 is 29.8 Å². The molecule has 3 aromatic rings. The van der Waals surface area contributed by atoms with Crippen molar-refractivity contribution in [2.45, 2.75) is 20.6 Å². The number of nitrogens with one attached hydrogen (secondary N) is 1. The van der Waals surface area contributed by atoms with Crippen LogP contribution in [0.25, 0.3) is 21.9 Å². The molecule has 1 N–H and O–H groups in total. The number of benzene rings is 1. The molecule has 12 nitrogen and oxygen atoms in total. The van der Waals surface area contributed by atoms with Crippen LogP contribution in [0.4, 0.5) is 0 Å². The molecule has 0 bridgehead atoms. The number of phosphoric acid groups is 1. The van der Waals surface area contributed by atoms with Gasteiger partial charge in [0.1, 0.15) is 0 Å². The molecule has 13 heteroatoms. The second kappa shape index (κ2) is 8.92. The maximum absolute atomic E-state index is 13.0. The van der Waals surface area contributed by atoms with E-state index in [-0.39, 0.29) is 35.2 Å². The molecular weight excluding hydrogens is 419 g/mol. The third-order valence-electron chi connectivity index (χ3n) is 4.01. The molecule has 0 aliphatic carbocycles. The highest BCUT2D eigenvalue weighted by molar-refractivity contribution is 7.48. The highest BCUT2D eigenvalue weighted by Gasteiger charge is 2.26. The Morgan fingerprint density at radius 2 is 1.57 bits per heavy atom. The van der Waals surface area contributed by atoms with Crippen LogP contribution in [0, 0.1) is 0 Å². The third-order valence-corrected chi connectivity index (χ3v) is 5.59. The zero-order chi connectivity index (χ0) is 21.9. The first-order valence-corrected chi connectivity index (χ1v) is 10.4. The molecule has 1 aromatic carbocycles. The van der Waals surface area contributed by atoms with Crippen LogP contribution in [0.1, 0.15) is 13.8 Å². The minimum atomic E-state index is -3.82. The molecule has 0 unspecified atom stereocenters. The van der Waals surface area contributed by atoms with Gasteiger partial charge in [-0.2, -0.15) is 4.80 Å². The van der Waals surface area contributed by atoms with E-state index < -0.39 is 25.5 Å². The molecule has 3 rings (SSSR count). The summed E-state index contributed by atoms with van der Waals surface area (Å²) in [6.07, 6.45) is 0. The molecule has 0 atom stereocenters. The maximum atomic E-state index is 13.0. The Balaban J connectivity index is 2.10. The van der Waals surface area contributed by atoms with E-state index in [1.54, 1.807) is 13.8 Å². The van der Waals surface area contributed by atoms with E-state index in [0.29, 0.717) is 11.5 Å². The smallest absolute Gasteiger partial charge is 0.476 e. The number of phosphoric ester groups is 1. The van der Waals surface area contributed by atoms with Gasteiger partial charge in [0, 0.05) is 6.07 Å². The summed E-state index contributed by atoms with van der Waals surface area (Å²) in [7, 11) is -0.953. The third kappa shape index (κ3) is 4.21. The van der Waals surface area contributed by atoms with E-state index in [4.69, 9.17) is 23.0 Å². The first-order valence-electron chi connectivity index (χ1n) is 8.96. The van der Waals surface area contributed by atoms with Gasteiger partial charge in [0.25, 0.3) is 5.56 Å². The fraction of sp³-hybridized carbons (Fsp3) is 0.412. The number of fused-ring (bicyclic) bond motifs is 2. The van der Waals surface area contributed by atoms with Gasteiger partial charge in [0.2, 0.25) is 5.43 Å². The number of nitrogens with zero attached hydrogens (tertiary/aromatic N) is 3. The average Bonchev–Trinajstić information content (AvgIpc) is 3.13. The van der Waals surface area contributed by atoms with E-state index in [2.05, 4.69) is 15.2 Å². The van der Waals surface area contributed by atoms with Crippen molar-refractivity contribution < 1.29 is 27.6 Å². The number of hydrogen-bond acceptors (Lipinski definition) is 10. The number of methoxy groups -OCH3 is 2. The van der Waals surface area contributed by atoms with Crippen LogP contribution in [-0.2, 0) is 24.9 Å². The standard InChI is InChI=1S/C17H21N4O8P/c1-5-27-30(24,28-6-2)29-9-21-19-14-15(20-21)17(23)18-11-8-13(26-4)12(25-3)7-10(11)16(14)22/h7-8H,5-6,9H2,1-4H3,(H,18,23). The predicted octanol–water partition coefficient (Wildman–Crippen LogP) is 1.81. The molecule has 0 spiro atoms. The number of ether oxygens (including phenoxy) is 2. The van der Waals surface area contributed by atoms with Gasteiger partial charge >= 0.3 is 7.82 Å². The van der Waals surface area contributed by atoms with Crippen LogP contribution in [0.15, 0.2) is 21.7 Å². The highest BCUT2D eigenvalue weighted by atomic mass is 31.2. The Morgan fingerprint density at radius 1 is 0.967 bits per heavy atom. The largest absolute Gasteiger partial charge is 0.493 e. The van der Waals surface area contributed by atoms with Crippen molar-refractivity contribution in [2.24, 2.45) is 0 Å². The van der Waals surface area contributed by atoms with Crippen molar-refractivity contribution in [1.82, 2.24) is 20.0 Å². The van der Waals surface area contributed by atoms with Crippen LogP contribution in [-0.4, -0.2) is 47.4 Å². The van der Waals surface area contributed by atoms with Gasteiger partial charge in [-0.25, -0.2) is 4.57 Å². The lowest BCUT2D eigenvalue weighted by Crippen LogP contribution is -2.09. The Labute approximate surface area is 170 Å². The van der Waals surface area contributed by atoms with Gasteiger partial charge in [-0.3, -0.25) is 23.2 Å². The summed E-state index contributed by atoms with van der Waals surface area (Å²) in [4.78, 5) is 29.1. The van der Waals surface area contributed by atoms with Crippen LogP contribution in [0.5, 0.6) is 11.5 Å². The molecule has 162 valence electrons. The lowest BCUT2D eigenvalue weighted by Gasteiger charge is -2.15. The van der Waals surface area contributed by atoms with Gasteiger partial charge in [0.15, 0.2) is 29.3 Å². The van der Waals surface area contributed by atoms with Crippen LogP contribution in [0.2, 0.25) is 0 Å². The number of hydrogen-bond donors (Lipinski definition) is 1. The Kier molecular flexibility index (Phi) is 6.52. The summed E-state index contributed by atoms with van der Waals surface area (Å²) in [6.45, 7) is 3.01. The normalized spacial score (nSPS) is 11.9. The first-order chi connectivity index (χ1) is 14.4. The topological polar surface area (TPSA) is 144 Å². The average molecular weight is 440 g/mol. The Hall–Kier alpha value is -2.79. The monoisotopic (exact) mass is 440 g/mol. The zero-order valence-corrected chi connectivity index (χ0v) is 17.7. The minimum Gasteiger partial charge on any atom is -0.493 e. The molecule has 2 heterocycles. The molecule has 0 aliphatic heterocycles. The van der Waals surface area contributed by atoms with Crippen molar-refractivity contribution in [3.63, 3.8) is 0 Å². The predicted molar refractivity (Wildman–Crippen MR) is 107 cm³/mol. The molecule has 0 saturated heterocycles. The highest BCUT2D eigenvalue weighted by Crippen LogP contribution is 2.49. The number of aromatic amines is 1. The van der Waals surface area contributed by atoms with Crippen molar-refractivity contribution in [2.75, 3.05) is 27.4 Å². The fourth-order valence-electron chi connectivity index (χ4n) is 2.74. The van der Waals surface area contributed by atoms with E-state index in [1.807, 2.05) is 0 Å². The zero-order valence-electron chi connectivity index (χ0n) is 16.8. The van der Waals surface area contributed by atoms with Gasteiger partial charge in [-0.15, -0.1) is 10.2 Å². The molecule has 0 amide bonds. The molecule has 30 heavy (non-hydrogen) atoms. The lowest BCUT2D eigenvalue weighted by atomic mass is 10.2. The molecule has 0 radical (unpaired) electrons. The number of aromatic nitrogens is 4. The fourth-order valence-corrected chi connectivity index (χ4v) is 3.84. The summed E-state index contributed by atoms with van der Waals surface area (Å²) >= 11 is 0. The first kappa shape index (κ1) is 21.9. The molecule has 0 aliphatic rings. The Morgan fingerprint density at radius 3 is 2.17 bits per heavy atom. The quantitative estimate of drug-likeness (QED) is 0.489. The minimum absolute atomic E-state index is 0.100. The molecule has 0 saturated carbocycles. The lowest BCUT2D eigenvalue weighted by molar-refractivity contribution is 0.0866. The van der Waals surface area contributed by atoms with Gasteiger partial charge in [0.05, 0.1) is 38.3 Å². The molecule has 0 fully saturated rings. The van der Waals surface area contributed by atoms with E-state index in [9.17, 15) is 14.2 Å². The summed E-state index contributed by atoms with van der Waals surface area (Å²) < 4.78 is 38.1. The second-order valence-electron chi connectivity index (χ2n) is 5.85. The number of rotatable bonds is 9. The van der Waals surface area contributed by atoms with Crippen molar-refractivity contribution in [1.29, 1.82) is 0 Å². The maximum Gasteiger partial charge on any atom is 0.476 e. The van der Waals surface area contributed by atoms with Crippen LogP contribution in [0.3, 0.4) is 0 Å². The van der Waals surface area contributed by atoms with E-state index in [0.717, 1.165) is 4.80 Å². The Bertz CT molecular complexity index is 1230. The van der Waals surface area contributed by atoms with Crippen molar-refractivity contribution in [3.8, 4) is 11.5 Å². The summed E-state index contributed by atoms with van der Waals surface area (Å²) in [5.74, 6) is 0.658. The van der Waals surface area contributed by atoms with E-state index in [1.165, 1.54) is 26.4 Å². The number of H-pyrrole nitrogens is 1. The summed E-state index contributed by atoms with van der Waals surface area (Å²) in [6, 6.07) is 2.92. The summed E-state index contributed by atoms with van der Waals surface area (Å²) in [5.41, 5.74) is -1.36. The second-order valence-corrected chi connectivity index (χ2v) is 7.52.